The molecule has 0 radical (unpaired) electrons. The van der Waals surface area contributed by atoms with Crippen molar-refractivity contribution in [1.82, 2.24) is 15.2 Å². The van der Waals surface area contributed by atoms with Gasteiger partial charge in [-0.1, -0.05) is 39.0 Å². The van der Waals surface area contributed by atoms with Crippen molar-refractivity contribution in [2.75, 3.05) is 6.54 Å². The predicted octanol–water partition coefficient (Wildman–Crippen LogP) is 4.08. The minimum absolute atomic E-state index is 0.174. The number of aromatic nitrogens is 1. The van der Waals surface area contributed by atoms with Crippen LogP contribution in [-0.4, -0.2) is 40.1 Å². The monoisotopic (exact) mass is 443 g/mol. The Bertz CT molecular complexity index is 941. The number of fused-ring (bicyclic) bond motifs is 1. The van der Waals surface area contributed by atoms with E-state index in [-0.39, 0.29) is 12.5 Å². The number of nitrogens with one attached hydrogen (secondary N) is 1. The van der Waals surface area contributed by atoms with Gasteiger partial charge in [0.05, 0.1) is 12.2 Å². The summed E-state index contributed by atoms with van der Waals surface area (Å²) in [4.78, 5) is 31.9. The molecule has 0 spiro atoms. The van der Waals surface area contributed by atoms with Crippen molar-refractivity contribution in [2.24, 2.45) is 5.41 Å². The first-order valence-corrected chi connectivity index (χ1v) is 10.9. The smallest absolute Gasteiger partial charge is 0.408 e. The molecule has 0 saturated carbocycles. The second-order valence-corrected chi connectivity index (χ2v) is 10.0. The summed E-state index contributed by atoms with van der Waals surface area (Å²) in [6.45, 7) is 12.1. The molecule has 8 nitrogen and oxygen atoms in total. The summed E-state index contributed by atoms with van der Waals surface area (Å²) in [5, 5.41) is 2.76. The molecule has 1 N–H and O–H groups in total. The van der Waals surface area contributed by atoms with E-state index < -0.39 is 23.2 Å². The number of hydrogen-bond donors (Lipinski definition) is 1. The summed E-state index contributed by atoms with van der Waals surface area (Å²) in [6, 6.07) is 8.72. The van der Waals surface area contributed by atoms with Gasteiger partial charge in [0.1, 0.15) is 23.2 Å². The Labute approximate surface area is 189 Å². The van der Waals surface area contributed by atoms with E-state index in [1.807, 2.05) is 51.1 Å². The van der Waals surface area contributed by atoms with Crippen LogP contribution in [0.2, 0.25) is 0 Å². The largest absolute Gasteiger partial charge is 0.484 e. The third-order valence-electron chi connectivity index (χ3n) is 4.97. The van der Waals surface area contributed by atoms with Crippen LogP contribution in [0.3, 0.4) is 0 Å². The fraction of sp³-hybridized carbons (Fsp3) is 0.542. The molecule has 0 unspecified atom stereocenters. The van der Waals surface area contributed by atoms with E-state index in [9.17, 15) is 9.59 Å². The van der Waals surface area contributed by atoms with Gasteiger partial charge in [0.15, 0.2) is 6.61 Å². The van der Waals surface area contributed by atoms with Crippen LogP contribution in [0.15, 0.2) is 34.7 Å². The molecule has 2 heterocycles. The Hall–Kier alpha value is -3.03. The Kier molecular flexibility index (Phi) is 6.81. The molecule has 1 aromatic carbocycles. The third-order valence-corrected chi connectivity index (χ3v) is 4.97. The van der Waals surface area contributed by atoms with Crippen LogP contribution in [0, 0.1) is 5.41 Å². The van der Waals surface area contributed by atoms with Gasteiger partial charge < -0.3 is 24.1 Å². The van der Waals surface area contributed by atoms with Crippen molar-refractivity contribution < 1.29 is 23.5 Å². The normalized spacial score (nSPS) is 15.0. The highest BCUT2D eigenvalue weighted by molar-refractivity contribution is 5.86. The highest BCUT2D eigenvalue weighted by Gasteiger charge is 2.38. The molecule has 8 heteroatoms. The fourth-order valence-electron chi connectivity index (χ4n) is 3.42. The second-order valence-electron chi connectivity index (χ2n) is 10.0. The number of alkyl carbamates (subject to hydrolysis) is 1. The average Bonchev–Trinajstić information content (AvgIpc) is 3.11. The number of benzene rings is 1. The maximum absolute atomic E-state index is 13.3. The number of amides is 2. The minimum Gasteiger partial charge on any atom is -0.484 e. The summed E-state index contributed by atoms with van der Waals surface area (Å²) >= 11 is 0. The first-order chi connectivity index (χ1) is 14.9. The minimum atomic E-state index is -0.734. The number of carbonyl (C=O) groups is 2. The summed E-state index contributed by atoms with van der Waals surface area (Å²) in [7, 11) is 0. The van der Waals surface area contributed by atoms with Gasteiger partial charge in [0.25, 0.3) is 0 Å². The van der Waals surface area contributed by atoms with Gasteiger partial charge in [0, 0.05) is 13.0 Å². The molecule has 1 aliphatic rings. The maximum atomic E-state index is 13.3. The van der Waals surface area contributed by atoms with E-state index in [1.165, 1.54) is 0 Å². The lowest BCUT2D eigenvalue weighted by Gasteiger charge is -2.36. The molecule has 0 aliphatic carbocycles. The summed E-state index contributed by atoms with van der Waals surface area (Å²) in [6.07, 6.45) is -0.0253. The molecule has 0 saturated heterocycles. The van der Waals surface area contributed by atoms with Crippen molar-refractivity contribution in [3.05, 3.63) is 47.7 Å². The first-order valence-electron chi connectivity index (χ1n) is 10.9. The van der Waals surface area contributed by atoms with Crippen LogP contribution in [0.25, 0.3) is 0 Å². The number of rotatable bonds is 5. The summed E-state index contributed by atoms with van der Waals surface area (Å²) in [5.74, 6) is 1.70. The summed E-state index contributed by atoms with van der Waals surface area (Å²) < 4.78 is 17.0. The van der Waals surface area contributed by atoms with Gasteiger partial charge in [-0.05, 0) is 38.3 Å². The number of oxazole rings is 1. The van der Waals surface area contributed by atoms with Gasteiger partial charge in [-0.2, -0.15) is 0 Å². The van der Waals surface area contributed by atoms with Crippen molar-refractivity contribution in [2.45, 2.75) is 72.8 Å². The zero-order valence-electron chi connectivity index (χ0n) is 19.7. The molecule has 32 heavy (non-hydrogen) atoms. The number of nitrogens with zero attached hydrogens (tertiary/aromatic N) is 2. The van der Waals surface area contributed by atoms with Crippen LogP contribution >= 0.6 is 0 Å². The van der Waals surface area contributed by atoms with Crippen LogP contribution in [-0.2, 0) is 29.1 Å². The molecule has 2 aromatic rings. The lowest BCUT2D eigenvalue weighted by atomic mass is 9.85. The van der Waals surface area contributed by atoms with Crippen molar-refractivity contribution in [1.29, 1.82) is 0 Å². The maximum Gasteiger partial charge on any atom is 0.408 e. The predicted molar refractivity (Wildman–Crippen MR) is 119 cm³/mol. The number of hydrogen-bond acceptors (Lipinski definition) is 6. The highest BCUT2D eigenvalue weighted by Crippen LogP contribution is 2.26. The quantitative estimate of drug-likeness (QED) is 0.748. The lowest BCUT2D eigenvalue weighted by Crippen LogP contribution is -2.56. The molecule has 0 bridgehead atoms. The number of ether oxygens (including phenoxy) is 2. The molecule has 2 amide bonds. The molecule has 1 aliphatic heterocycles. The number of carbonyl (C=O) groups excluding carboxylic acids is 2. The molecule has 1 atom stereocenters. The molecule has 3 rings (SSSR count). The van der Waals surface area contributed by atoms with Gasteiger partial charge in [-0.25, -0.2) is 9.78 Å². The van der Waals surface area contributed by atoms with Crippen molar-refractivity contribution >= 4 is 12.0 Å². The average molecular weight is 444 g/mol. The van der Waals surface area contributed by atoms with Crippen LogP contribution < -0.4 is 10.1 Å². The zero-order valence-corrected chi connectivity index (χ0v) is 19.7. The van der Waals surface area contributed by atoms with Gasteiger partial charge >= 0.3 is 6.09 Å². The molecular formula is C24H33N3O5. The van der Waals surface area contributed by atoms with E-state index >= 15 is 0 Å². The Morgan fingerprint density at radius 1 is 1.16 bits per heavy atom. The van der Waals surface area contributed by atoms with Gasteiger partial charge in [-0.3, -0.25) is 4.79 Å². The molecule has 0 fully saturated rings. The molecule has 1 aromatic heterocycles. The first kappa shape index (κ1) is 23.6. The van der Waals surface area contributed by atoms with Gasteiger partial charge in [-0.15, -0.1) is 0 Å². The lowest BCUT2D eigenvalue weighted by molar-refractivity contribution is -0.137. The Balaban J connectivity index is 1.66. The number of para-hydroxylation sites is 1. The van der Waals surface area contributed by atoms with E-state index in [1.54, 1.807) is 25.7 Å². The van der Waals surface area contributed by atoms with E-state index in [0.717, 1.165) is 11.4 Å². The Morgan fingerprint density at radius 2 is 1.84 bits per heavy atom. The zero-order chi connectivity index (χ0) is 23.5. The van der Waals surface area contributed by atoms with Crippen molar-refractivity contribution in [3.8, 4) is 5.75 Å². The van der Waals surface area contributed by atoms with E-state index in [4.69, 9.17) is 13.9 Å². The topological polar surface area (TPSA) is 93.9 Å². The Morgan fingerprint density at radius 3 is 2.47 bits per heavy atom. The third kappa shape index (κ3) is 6.24. The van der Waals surface area contributed by atoms with E-state index in [0.29, 0.717) is 31.2 Å². The van der Waals surface area contributed by atoms with Crippen molar-refractivity contribution in [3.63, 3.8) is 0 Å². The fourth-order valence-corrected chi connectivity index (χ4v) is 3.42. The SMILES string of the molecule is CC(C)(C)OC(=O)N[C@@H](C(=O)N1CCc2nc(COc3ccccc3)oc2C1)C(C)(C)C. The van der Waals surface area contributed by atoms with Gasteiger partial charge in [0.2, 0.25) is 11.8 Å². The molecular weight excluding hydrogens is 410 g/mol. The summed E-state index contributed by atoms with van der Waals surface area (Å²) in [5.41, 5.74) is -0.300. The molecule has 174 valence electrons. The van der Waals surface area contributed by atoms with Crippen LogP contribution in [0.1, 0.15) is 58.9 Å². The van der Waals surface area contributed by atoms with Crippen LogP contribution in [0.4, 0.5) is 4.79 Å². The second kappa shape index (κ2) is 9.22. The van der Waals surface area contributed by atoms with E-state index in [2.05, 4.69) is 10.3 Å². The standard InChI is InChI=1S/C24H33N3O5/c1-23(2,3)20(26-22(29)32-24(4,5)6)21(28)27-13-12-17-18(14-27)31-19(25-17)15-30-16-10-8-7-9-11-16/h7-11,20H,12-15H2,1-6H3,(H,26,29)/t20-/m0/s1. The van der Waals surface area contributed by atoms with Crippen LogP contribution in [0.5, 0.6) is 5.75 Å². The highest BCUT2D eigenvalue weighted by atomic mass is 16.6.